The number of nitrogens with zero attached hydrogens (tertiary/aromatic N) is 2. The molecule has 0 atom stereocenters. The largest absolute Gasteiger partial charge is 0.390 e. The molecule has 2 heterocycles. The third kappa shape index (κ3) is 1.63. The van der Waals surface area contributed by atoms with Gasteiger partial charge >= 0.3 is 0 Å². The van der Waals surface area contributed by atoms with E-state index in [0.29, 0.717) is 5.89 Å². The summed E-state index contributed by atoms with van der Waals surface area (Å²) in [4.78, 5) is 4.25. The van der Waals surface area contributed by atoms with Crippen LogP contribution in [0.5, 0.6) is 0 Å². The fourth-order valence-corrected chi connectivity index (χ4v) is 1.82. The normalized spacial score (nSPS) is 10.6. The predicted octanol–water partition coefficient (Wildman–Crippen LogP) is 2.33. The highest BCUT2D eigenvalue weighted by atomic mass is 32.1. The molecule has 4 nitrogen and oxygen atoms in total. The van der Waals surface area contributed by atoms with Gasteiger partial charge in [0.25, 0.3) is 5.89 Å². The first kappa shape index (κ1) is 9.21. The summed E-state index contributed by atoms with van der Waals surface area (Å²) in [6.45, 7) is 2.08. The van der Waals surface area contributed by atoms with Crippen LogP contribution in [0.1, 0.15) is 19.2 Å². The van der Waals surface area contributed by atoms with Crippen molar-refractivity contribution in [1.29, 1.82) is 0 Å². The Morgan fingerprint density at radius 3 is 3.07 bits per heavy atom. The van der Waals surface area contributed by atoms with E-state index in [1.165, 1.54) is 11.3 Å². The van der Waals surface area contributed by atoms with Gasteiger partial charge < -0.3 is 10.3 Å². The van der Waals surface area contributed by atoms with E-state index in [1.54, 1.807) is 0 Å². The molecule has 74 valence electrons. The Kier molecular flexibility index (Phi) is 2.49. The number of rotatable bonds is 3. The van der Waals surface area contributed by atoms with E-state index in [2.05, 4.69) is 17.1 Å². The lowest BCUT2D eigenvalue weighted by atomic mass is 10.3. The topological polar surface area (TPSA) is 64.9 Å². The van der Waals surface area contributed by atoms with Crippen molar-refractivity contribution < 1.29 is 4.52 Å². The molecule has 2 aromatic rings. The van der Waals surface area contributed by atoms with Crippen LogP contribution in [0.3, 0.4) is 0 Å². The highest BCUT2D eigenvalue weighted by Gasteiger charge is 2.11. The van der Waals surface area contributed by atoms with Gasteiger partial charge in [0.05, 0.1) is 10.6 Å². The zero-order chi connectivity index (χ0) is 9.97. The molecule has 0 saturated heterocycles. The zero-order valence-electron chi connectivity index (χ0n) is 7.86. The lowest BCUT2D eigenvalue weighted by Crippen LogP contribution is -1.86. The molecule has 0 amide bonds. The highest BCUT2D eigenvalue weighted by Crippen LogP contribution is 2.28. The van der Waals surface area contributed by atoms with Crippen molar-refractivity contribution in [1.82, 2.24) is 10.1 Å². The molecule has 2 N–H and O–H groups in total. The lowest BCUT2D eigenvalue weighted by molar-refractivity contribution is 0.422. The van der Waals surface area contributed by atoms with E-state index in [4.69, 9.17) is 10.3 Å². The van der Waals surface area contributed by atoms with Crippen LogP contribution >= 0.6 is 11.3 Å². The minimum absolute atomic E-state index is 0.521. The van der Waals surface area contributed by atoms with Crippen LogP contribution in [-0.2, 0) is 6.42 Å². The Morgan fingerprint density at radius 2 is 2.43 bits per heavy atom. The molecule has 0 aliphatic heterocycles. The maximum atomic E-state index is 5.75. The lowest BCUT2D eigenvalue weighted by Gasteiger charge is -1.89. The van der Waals surface area contributed by atoms with E-state index < -0.39 is 0 Å². The first-order valence-corrected chi connectivity index (χ1v) is 5.35. The van der Waals surface area contributed by atoms with Crippen molar-refractivity contribution >= 4 is 16.3 Å². The maximum Gasteiger partial charge on any atom is 0.260 e. The van der Waals surface area contributed by atoms with Crippen molar-refractivity contribution in [2.45, 2.75) is 19.8 Å². The highest BCUT2D eigenvalue weighted by molar-refractivity contribution is 7.14. The minimum atomic E-state index is 0.521. The van der Waals surface area contributed by atoms with Gasteiger partial charge in [-0.05, 0) is 17.9 Å². The van der Waals surface area contributed by atoms with E-state index in [0.717, 1.165) is 29.2 Å². The van der Waals surface area contributed by atoms with Gasteiger partial charge in [0.1, 0.15) is 0 Å². The molecule has 0 spiro atoms. The van der Waals surface area contributed by atoms with Gasteiger partial charge in [-0.1, -0.05) is 12.1 Å². The van der Waals surface area contributed by atoms with Gasteiger partial charge in [-0.3, -0.25) is 0 Å². The monoisotopic (exact) mass is 209 g/mol. The Labute approximate surface area is 85.7 Å². The van der Waals surface area contributed by atoms with Crippen molar-refractivity contribution in [3.63, 3.8) is 0 Å². The van der Waals surface area contributed by atoms with Gasteiger partial charge in [-0.2, -0.15) is 4.98 Å². The van der Waals surface area contributed by atoms with Crippen molar-refractivity contribution in [3.8, 4) is 11.5 Å². The average molecular weight is 209 g/mol. The van der Waals surface area contributed by atoms with Crippen molar-refractivity contribution in [2.75, 3.05) is 5.73 Å². The van der Waals surface area contributed by atoms with E-state index in [1.807, 2.05) is 11.4 Å². The zero-order valence-corrected chi connectivity index (χ0v) is 8.67. The van der Waals surface area contributed by atoms with E-state index in [9.17, 15) is 0 Å². The number of nitrogen functional groups attached to an aromatic ring is 1. The second-order valence-corrected chi connectivity index (χ2v) is 3.91. The smallest absolute Gasteiger partial charge is 0.260 e. The summed E-state index contributed by atoms with van der Waals surface area (Å²) in [5, 5.41) is 6.50. The number of aromatic nitrogens is 2. The number of hydrogen-bond donors (Lipinski definition) is 1. The van der Waals surface area contributed by atoms with E-state index in [-0.39, 0.29) is 0 Å². The second-order valence-electron chi connectivity index (χ2n) is 2.96. The Balaban J connectivity index is 2.29. The number of anilines is 1. The molecule has 2 aromatic heterocycles. The first-order valence-electron chi connectivity index (χ1n) is 4.47. The molecule has 0 unspecified atom stereocenters. The molecular formula is C9H11N3OS. The molecule has 5 heteroatoms. The third-order valence-corrected chi connectivity index (χ3v) is 2.61. The number of aryl methyl sites for hydroxylation is 1. The van der Waals surface area contributed by atoms with Crippen LogP contribution in [0.25, 0.3) is 11.5 Å². The molecule has 0 aromatic carbocycles. The van der Waals surface area contributed by atoms with Crippen LogP contribution in [-0.4, -0.2) is 10.1 Å². The second kappa shape index (κ2) is 3.79. The molecule has 14 heavy (non-hydrogen) atoms. The Bertz CT molecular complexity index is 421. The minimum Gasteiger partial charge on any atom is -0.390 e. The molecule has 0 saturated carbocycles. The molecular weight excluding hydrogens is 198 g/mol. The SMILES string of the molecule is CCCc1noc(-c2ccsc2N)n1. The summed E-state index contributed by atoms with van der Waals surface area (Å²) in [5.41, 5.74) is 6.58. The summed E-state index contributed by atoms with van der Waals surface area (Å²) < 4.78 is 5.11. The van der Waals surface area contributed by atoms with Gasteiger partial charge in [-0.15, -0.1) is 11.3 Å². The van der Waals surface area contributed by atoms with Gasteiger partial charge in [0.15, 0.2) is 5.82 Å². The molecule has 0 radical (unpaired) electrons. The molecule has 0 aliphatic carbocycles. The number of thiophene rings is 1. The van der Waals surface area contributed by atoms with Gasteiger partial charge in [0, 0.05) is 6.42 Å². The summed E-state index contributed by atoms with van der Waals surface area (Å²) in [6, 6.07) is 1.89. The fourth-order valence-electron chi connectivity index (χ4n) is 1.19. The van der Waals surface area contributed by atoms with Gasteiger partial charge in [0.2, 0.25) is 0 Å². The fraction of sp³-hybridized carbons (Fsp3) is 0.333. The van der Waals surface area contributed by atoms with Gasteiger partial charge in [-0.25, -0.2) is 0 Å². The average Bonchev–Trinajstić information content (AvgIpc) is 2.74. The van der Waals surface area contributed by atoms with Crippen LogP contribution < -0.4 is 5.73 Å². The van der Waals surface area contributed by atoms with Crippen LogP contribution in [0.4, 0.5) is 5.00 Å². The summed E-state index contributed by atoms with van der Waals surface area (Å²) >= 11 is 1.47. The number of nitrogens with two attached hydrogens (primary N) is 1. The summed E-state index contributed by atoms with van der Waals surface area (Å²) in [6.07, 6.45) is 1.85. The molecule has 2 rings (SSSR count). The van der Waals surface area contributed by atoms with Crippen LogP contribution in [0.2, 0.25) is 0 Å². The molecule has 0 fully saturated rings. The molecule has 0 aliphatic rings. The van der Waals surface area contributed by atoms with E-state index >= 15 is 0 Å². The quantitative estimate of drug-likeness (QED) is 0.842. The predicted molar refractivity (Wildman–Crippen MR) is 56.0 cm³/mol. The standard InChI is InChI=1S/C9H11N3OS/c1-2-3-7-11-9(13-12-7)6-4-5-14-8(6)10/h4-5H,2-3,10H2,1H3. The maximum absolute atomic E-state index is 5.75. The van der Waals surface area contributed by atoms with Crippen LogP contribution in [0.15, 0.2) is 16.0 Å². The summed E-state index contributed by atoms with van der Waals surface area (Å²) in [5.74, 6) is 1.26. The van der Waals surface area contributed by atoms with Crippen LogP contribution in [0, 0.1) is 0 Å². The Morgan fingerprint density at radius 1 is 1.57 bits per heavy atom. The third-order valence-electron chi connectivity index (χ3n) is 1.87. The van der Waals surface area contributed by atoms with Crippen molar-refractivity contribution in [3.05, 3.63) is 17.3 Å². The summed E-state index contributed by atoms with van der Waals surface area (Å²) in [7, 11) is 0. The number of hydrogen-bond acceptors (Lipinski definition) is 5. The Hall–Kier alpha value is -1.36. The van der Waals surface area contributed by atoms with Crippen molar-refractivity contribution in [2.24, 2.45) is 0 Å². The molecule has 0 bridgehead atoms. The first-order chi connectivity index (χ1) is 6.81.